The van der Waals surface area contributed by atoms with E-state index in [-0.39, 0.29) is 5.91 Å². The summed E-state index contributed by atoms with van der Waals surface area (Å²) in [5.41, 5.74) is 2.46. The second kappa shape index (κ2) is 8.36. The van der Waals surface area contributed by atoms with Crippen molar-refractivity contribution in [2.24, 2.45) is 0 Å². The monoisotopic (exact) mass is 353 g/mol. The summed E-state index contributed by atoms with van der Waals surface area (Å²) in [5, 5.41) is 0. The lowest BCUT2D eigenvalue weighted by molar-refractivity contribution is 0.0755. The molecular formula is C20H27N5O. The highest BCUT2D eigenvalue weighted by atomic mass is 16.2. The third-order valence-electron chi connectivity index (χ3n) is 5.08. The van der Waals surface area contributed by atoms with Crippen LogP contribution in [0.4, 0.5) is 0 Å². The molecule has 26 heavy (non-hydrogen) atoms. The first-order valence-corrected chi connectivity index (χ1v) is 9.24. The average molecular weight is 353 g/mol. The Morgan fingerprint density at radius 3 is 2.81 bits per heavy atom. The van der Waals surface area contributed by atoms with Crippen LogP contribution in [0, 0.1) is 13.8 Å². The van der Waals surface area contributed by atoms with Crippen molar-refractivity contribution in [1.29, 1.82) is 0 Å². The lowest BCUT2D eigenvalue weighted by atomic mass is 10.1. The Kier molecular flexibility index (Phi) is 5.93. The highest BCUT2D eigenvalue weighted by molar-refractivity contribution is 5.94. The fourth-order valence-corrected chi connectivity index (χ4v) is 3.56. The van der Waals surface area contributed by atoms with Gasteiger partial charge in [-0.15, -0.1) is 0 Å². The van der Waals surface area contributed by atoms with Gasteiger partial charge in [-0.2, -0.15) is 0 Å². The van der Waals surface area contributed by atoms with Crippen molar-refractivity contribution in [3.8, 4) is 0 Å². The van der Waals surface area contributed by atoms with E-state index in [1.54, 1.807) is 6.20 Å². The molecule has 6 nitrogen and oxygen atoms in total. The number of nitrogens with zero attached hydrogens (tertiary/aromatic N) is 5. The summed E-state index contributed by atoms with van der Waals surface area (Å²) in [4.78, 5) is 30.1. The summed E-state index contributed by atoms with van der Waals surface area (Å²) in [6, 6.07) is 6.49. The largest absolute Gasteiger partial charge is 0.338 e. The van der Waals surface area contributed by atoms with E-state index in [0.717, 1.165) is 50.3 Å². The zero-order chi connectivity index (χ0) is 18.5. The Labute approximate surface area is 155 Å². The molecule has 1 amide bonds. The molecule has 0 N–H and O–H groups in total. The highest BCUT2D eigenvalue weighted by Gasteiger charge is 2.25. The van der Waals surface area contributed by atoms with Crippen LogP contribution in [0.2, 0.25) is 0 Å². The SMILES string of the molecule is Cc1ncc(C(=O)N2CCC[C@@H](N(C)Cc3ccccn3)CC2)c(C)n1. The lowest BCUT2D eigenvalue weighted by Gasteiger charge is -2.27. The molecule has 0 radical (unpaired) electrons. The molecule has 1 fully saturated rings. The zero-order valence-corrected chi connectivity index (χ0v) is 15.9. The van der Waals surface area contributed by atoms with Crippen molar-refractivity contribution >= 4 is 5.91 Å². The highest BCUT2D eigenvalue weighted by Crippen LogP contribution is 2.19. The van der Waals surface area contributed by atoms with Crippen molar-refractivity contribution in [3.05, 3.63) is 53.4 Å². The van der Waals surface area contributed by atoms with E-state index in [1.165, 1.54) is 0 Å². The van der Waals surface area contributed by atoms with Crippen LogP contribution < -0.4 is 0 Å². The van der Waals surface area contributed by atoms with Crippen LogP contribution >= 0.6 is 0 Å². The molecule has 6 heteroatoms. The maximum Gasteiger partial charge on any atom is 0.257 e. The summed E-state index contributed by atoms with van der Waals surface area (Å²) in [6.45, 7) is 6.12. The molecule has 2 aromatic rings. The topological polar surface area (TPSA) is 62.2 Å². The molecule has 1 aliphatic rings. The summed E-state index contributed by atoms with van der Waals surface area (Å²) in [5.74, 6) is 0.752. The second-order valence-electron chi connectivity index (χ2n) is 7.03. The Balaban J connectivity index is 1.61. The van der Waals surface area contributed by atoms with Gasteiger partial charge in [0.1, 0.15) is 5.82 Å². The van der Waals surface area contributed by atoms with Gasteiger partial charge in [-0.25, -0.2) is 9.97 Å². The van der Waals surface area contributed by atoms with Crippen LogP contribution in [0.25, 0.3) is 0 Å². The molecule has 1 atom stereocenters. The third kappa shape index (κ3) is 4.43. The van der Waals surface area contributed by atoms with E-state index >= 15 is 0 Å². The van der Waals surface area contributed by atoms with Crippen LogP contribution in [0.5, 0.6) is 0 Å². The van der Waals surface area contributed by atoms with Gasteiger partial charge in [0.15, 0.2) is 0 Å². The lowest BCUT2D eigenvalue weighted by Crippen LogP contribution is -2.35. The first-order valence-electron chi connectivity index (χ1n) is 9.24. The number of pyridine rings is 1. The predicted octanol–water partition coefficient (Wildman–Crippen LogP) is 2.62. The number of aryl methyl sites for hydroxylation is 2. The van der Waals surface area contributed by atoms with Gasteiger partial charge in [0.2, 0.25) is 0 Å². The Hall–Kier alpha value is -2.34. The number of carbonyl (C=O) groups is 1. The van der Waals surface area contributed by atoms with Crippen LogP contribution in [0.1, 0.15) is 46.8 Å². The fourth-order valence-electron chi connectivity index (χ4n) is 3.56. The van der Waals surface area contributed by atoms with Gasteiger partial charge < -0.3 is 4.90 Å². The molecule has 0 spiro atoms. The average Bonchev–Trinajstić information content (AvgIpc) is 2.88. The van der Waals surface area contributed by atoms with Gasteiger partial charge in [0.25, 0.3) is 5.91 Å². The quantitative estimate of drug-likeness (QED) is 0.845. The van der Waals surface area contributed by atoms with Crippen molar-refractivity contribution in [1.82, 2.24) is 24.8 Å². The number of likely N-dealkylation sites (tertiary alicyclic amines) is 1. The number of hydrogen-bond acceptors (Lipinski definition) is 5. The molecule has 1 aliphatic heterocycles. The third-order valence-corrected chi connectivity index (χ3v) is 5.08. The minimum Gasteiger partial charge on any atom is -0.338 e. The van der Waals surface area contributed by atoms with Gasteiger partial charge in [-0.3, -0.25) is 14.7 Å². The number of rotatable bonds is 4. The molecular weight excluding hydrogens is 326 g/mol. The van der Waals surface area contributed by atoms with Crippen LogP contribution in [-0.2, 0) is 6.54 Å². The van der Waals surface area contributed by atoms with Gasteiger partial charge in [0.05, 0.1) is 17.0 Å². The van der Waals surface area contributed by atoms with Crippen LogP contribution in [0.15, 0.2) is 30.6 Å². The number of aromatic nitrogens is 3. The van der Waals surface area contributed by atoms with Crippen molar-refractivity contribution in [2.45, 2.75) is 45.7 Å². The summed E-state index contributed by atoms with van der Waals surface area (Å²) in [6.07, 6.45) is 6.57. The minimum atomic E-state index is 0.0514. The van der Waals surface area contributed by atoms with Gasteiger partial charge in [-0.1, -0.05) is 6.07 Å². The van der Waals surface area contributed by atoms with E-state index in [1.807, 2.05) is 37.1 Å². The number of amides is 1. The molecule has 0 unspecified atom stereocenters. The maximum atomic E-state index is 12.9. The van der Waals surface area contributed by atoms with E-state index in [4.69, 9.17) is 0 Å². The van der Waals surface area contributed by atoms with Crippen LogP contribution in [-0.4, -0.2) is 56.8 Å². The number of carbonyl (C=O) groups excluding carboxylic acids is 1. The molecule has 0 bridgehead atoms. The van der Waals surface area contributed by atoms with Crippen molar-refractivity contribution in [3.63, 3.8) is 0 Å². The normalized spacial score (nSPS) is 18.0. The Bertz CT molecular complexity index is 749. The Morgan fingerprint density at radius 2 is 2.08 bits per heavy atom. The molecule has 0 aromatic carbocycles. The molecule has 3 rings (SSSR count). The second-order valence-corrected chi connectivity index (χ2v) is 7.03. The van der Waals surface area contributed by atoms with Crippen molar-refractivity contribution in [2.75, 3.05) is 20.1 Å². The van der Waals surface area contributed by atoms with E-state index in [0.29, 0.717) is 17.4 Å². The van der Waals surface area contributed by atoms with Crippen LogP contribution in [0.3, 0.4) is 0 Å². The molecule has 138 valence electrons. The molecule has 2 aromatic heterocycles. The fraction of sp³-hybridized carbons (Fsp3) is 0.500. The molecule has 1 saturated heterocycles. The smallest absolute Gasteiger partial charge is 0.257 e. The van der Waals surface area contributed by atoms with Gasteiger partial charge >= 0.3 is 0 Å². The number of hydrogen-bond donors (Lipinski definition) is 0. The molecule has 0 saturated carbocycles. The van der Waals surface area contributed by atoms with Gasteiger partial charge in [0, 0.05) is 38.1 Å². The standard InChI is InChI=1S/C20H27N5O/c1-15-19(13-22-16(2)23-15)20(26)25-11-6-8-18(9-12-25)24(3)14-17-7-4-5-10-21-17/h4-5,7,10,13,18H,6,8-9,11-12,14H2,1-3H3/t18-/m1/s1. The van der Waals surface area contributed by atoms with E-state index < -0.39 is 0 Å². The summed E-state index contributed by atoms with van der Waals surface area (Å²) < 4.78 is 0. The van der Waals surface area contributed by atoms with E-state index in [9.17, 15) is 4.79 Å². The zero-order valence-electron chi connectivity index (χ0n) is 15.9. The summed E-state index contributed by atoms with van der Waals surface area (Å²) >= 11 is 0. The first-order chi connectivity index (χ1) is 12.5. The Morgan fingerprint density at radius 1 is 1.23 bits per heavy atom. The maximum absolute atomic E-state index is 12.9. The molecule has 0 aliphatic carbocycles. The first kappa shape index (κ1) is 18.5. The van der Waals surface area contributed by atoms with Gasteiger partial charge in [-0.05, 0) is 52.3 Å². The van der Waals surface area contributed by atoms with Crippen molar-refractivity contribution < 1.29 is 4.79 Å². The minimum absolute atomic E-state index is 0.0514. The predicted molar refractivity (Wildman–Crippen MR) is 101 cm³/mol. The molecule has 3 heterocycles. The van der Waals surface area contributed by atoms with E-state index in [2.05, 4.69) is 33.0 Å². The summed E-state index contributed by atoms with van der Waals surface area (Å²) in [7, 11) is 2.15.